The van der Waals surface area contributed by atoms with Crippen molar-refractivity contribution in [3.63, 3.8) is 0 Å². The molecule has 0 bridgehead atoms. The normalized spacial score (nSPS) is 14.8. The lowest BCUT2D eigenvalue weighted by Crippen LogP contribution is -2.41. The van der Waals surface area contributed by atoms with Crippen molar-refractivity contribution in [1.82, 2.24) is 0 Å². The van der Waals surface area contributed by atoms with Gasteiger partial charge in [-0.3, -0.25) is 9.59 Å². The van der Waals surface area contributed by atoms with E-state index in [4.69, 9.17) is 0 Å². The van der Waals surface area contributed by atoms with Gasteiger partial charge in [0.05, 0.1) is 17.6 Å². The van der Waals surface area contributed by atoms with Crippen LogP contribution >= 0.6 is 0 Å². The Hall–Kier alpha value is -3.08. The highest BCUT2D eigenvalue weighted by Crippen LogP contribution is 2.30. The maximum atomic E-state index is 12.4. The summed E-state index contributed by atoms with van der Waals surface area (Å²) >= 11 is 0. The fourth-order valence-electron chi connectivity index (χ4n) is 2.22. The van der Waals surface area contributed by atoms with E-state index in [2.05, 4.69) is 0 Å². The molecule has 1 N–H and O–H groups in total. The maximum absolute atomic E-state index is 12.4. The molecule has 2 aromatic carbocycles. The number of nitrogens with zero attached hydrogens (tertiary/aromatic N) is 2. The number of hydrogen-bond donors (Lipinski definition) is 1. The lowest BCUT2D eigenvalue weighted by molar-refractivity contribution is -0.116. The third-order valence-corrected chi connectivity index (χ3v) is 3.18. The second kappa shape index (κ2) is 5.13. The number of benzene rings is 2. The van der Waals surface area contributed by atoms with Gasteiger partial charge in [-0.1, -0.05) is 36.4 Å². The molecule has 1 heterocycles. The highest BCUT2D eigenvalue weighted by Gasteiger charge is 2.43. The summed E-state index contributed by atoms with van der Waals surface area (Å²) in [4.78, 5) is 24.7. The molecule has 5 heteroatoms. The van der Waals surface area contributed by atoms with Crippen LogP contribution in [0.5, 0.6) is 0 Å². The summed E-state index contributed by atoms with van der Waals surface area (Å²) in [5.41, 5.74) is 0.843. The molecular formula is C16H12N2O3. The molecular weight excluding hydrogens is 268 g/mol. The van der Waals surface area contributed by atoms with Crippen LogP contribution in [0.3, 0.4) is 0 Å². The molecule has 0 spiro atoms. The Balaban J connectivity index is 2.15. The van der Waals surface area contributed by atoms with Gasteiger partial charge in [0.1, 0.15) is 5.57 Å². The largest absolute Gasteiger partial charge is 0.515 e. The number of para-hydroxylation sites is 2. The van der Waals surface area contributed by atoms with Gasteiger partial charge in [0.25, 0.3) is 11.8 Å². The number of anilines is 2. The highest BCUT2D eigenvalue weighted by molar-refractivity contribution is 6.35. The molecule has 104 valence electrons. The predicted octanol–water partition coefficient (Wildman–Crippen LogP) is 2.42. The minimum atomic E-state index is -0.558. The summed E-state index contributed by atoms with van der Waals surface area (Å²) in [6, 6.07) is 17.6. The number of rotatable bonds is 2. The standard InChI is InChI=1S/C16H12N2O3/c19-11-14-15(20)17(12-7-3-1-4-8-12)18(16(14)21)13-9-5-2-6-10-13/h1-11,19H. The van der Waals surface area contributed by atoms with Crippen molar-refractivity contribution in [3.05, 3.63) is 72.5 Å². The van der Waals surface area contributed by atoms with Crippen LogP contribution in [0.15, 0.2) is 72.5 Å². The zero-order valence-corrected chi connectivity index (χ0v) is 11.0. The number of amides is 2. The Morgan fingerprint density at radius 3 is 1.43 bits per heavy atom. The Morgan fingerprint density at radius 2 is 1.10 bits per heavy atom. The number of aliphatic hydroxyl groups excluding tert-OH is 1. The Labute approximate surface area is 121 Å². The molecule has 0 saturated carbocycles. The van der Waals surface area contributed by atoms with Crippen LogP contribution in [0.1, 0.15) is 0 Å². The van der Waals surface area contributed by atoms with Gasteiger partial charge in [-0.15, -0.1) is 0 Å². The van der Waals surface area contributed by atoms with Crippen molar-refractivity contribution in [2.45, 2.75) is 0 Å². The Morgan fingerprint density at radius 1 is 0.714 bits per heavy atom. The van der Waals surface area contributed by atoms with E-state index >= 15 is 0 Å². The minimum absolute atomic E-state index is 0.261. The van der Waals surface area contributed by atoms with Crippen molar-refractivity contribution < 1.29 is 14.7 Å². The smallest absolute Gasteiger partial charge is 0.286 e. The van der Waals surface area contributed by atoms with Crippen molar-refractivity contribution in [3.8, 4) is 0 Å². The number of carbonyl (C=O) groups is 2. The molecule has 3 rings (SSSR count). The summed E-state index contributed by atoms with van der Waals surface area (Å²) in [7, 11) is 0. The maximum Gasteiger partial charge on any atom is 0.286 e. The van der Waals surface area contributed by atoms with E-state index in [-0.39, 0.29) is 5.57 Å². The first-order chi connectivity index (χ1) is 10.2. The van der Waals surface area contributed by atoms with Gasteiger partial charge < -0.3 is 5.11 Å². The van der Waals surface area contributed by atoms with Crippen LogP contribution in [0, 0.1) is 0 Å². The van der Waals surface area contributed by atoms with Crippen LogP contribution < -0.4 is 10.0 Å². The van der Waals surface area contributed by atoms with E-state index in [1.165, 1.54) is 10.0 Å². The zero-order chi connectivity index (χ0) is 14.8. The zero-order valence-electron chi connectivity index (χ0n) is 11.0. The van der Waals surface area contributed by atoms with E-state index in [0.29, 0.717) is 17.6 Å². The molecule has 1 saturated heterocycles. The molecule has 2 amide bonds. The second-order valence-electron chi connectivity index (χ2n) is 4.45. The molecule has 21 heavy (non-hydrogen) atoms. The molecule has 1 aliphatic heterocycles. The second-order valence-corrected chi connectivity index (χ2v) is 4.45. The molecule has 2 aromatic rings. The summed E-state index contributed by atoms with van der Waals surface area (Å²) in [6.45, 7) is 0. The SMILES string of the molecule is O=C1C(=CO)C(=O)N(c2ccccc2)N1c1ccccc1. The third-order valence-electron chi connectivity index (χ3n) is 3.18. The van der Waals surface area contributed by atoms with E-state index in [1.54, 1.807) is 48.5 Å². The summed E-state index contributed by atoms with van der Waals surface area (Å²) in [5.74, 6) is -1.12. The molecule has 0 aliphatic carbocycles. The Bertz CT molecular complexity index is 651. The molecule has 5 nitrogen and oxygen atoms in total. The van der Waals surface area contributed by atoms with E-state index in [0.717, 1.165) is 0 Å². The lowest BCUT2D eigenvalue weighted by Gasteiger charge is -2.27. The summed E-state index contributed by atoms with van der Waals surface area (Å²) < 4.78 is 0. The summed E-state index contributed by atoms with van der Waals surface area (Å²) in [6.07, 6.45) is 0.559. The lowest BCUT2D eigenvalue weighted by atomic mass is 10.2. The quantitative estimate of drug-likeness (QED) is 0.522. The van der Waals surface area contributed by atoms with Gasteiger partial charge in [-0.05, 0) is 24.3 Å². The van der Waals surface area contributed by atoms with Crippen LogP contribution in [0.4, 0.5) is 11.4 Å². The topological polar surface area (TPSA) is 60.9 Å². The van der Waals surface area contributed by atoms with Crippen LogP contribution in [-0.2, 0) is 9.59 Å². The minimum Gasteiger partial charge on any atom is -0.515 e. The first-order valence-electron chi connectivity index (χ1n) is 6.37. The van der Waals surface area contributed by atoms with Gasteiger partial charge in [0, 0.05) is 0 Å². The highest BCUT2D eigenvalue weighted by atomic mass is 16.2. The van der Waals surface area contributed by atoms with Gasteiger partial charge >= 0.3 is 0 Å². The number of carbonyl (C=O) groups excluding carboxylic acids is 2. The Kier molecular flexibility index (Phi) is 3.16. The third kappa shape index (κ3) is 2.04. The van der Waals surface area contributed by atoms with E-state index in [1.807, 2.05) is 12.1 Å². The van der Waals surface area contributed by atoms with Crippen molar-refractivity contribution in [2.24, 2.45) is 0 Å². The van der Waals surface area contributed by atoms with Gasteiger partial charge in [0.15, 0.2) is 0 Å². The molecule has 0 atom stereocenters. The van der Waals surface area contributed by atoms with Gasteiger partial charge in [0.2, 0.25) is 0 Å². The van der Waals surface area contributed by atoms with Crippen LogP contribution in [-0.4, -0.2) is 16.9 Å². The van der Waals surface area contributed by atoms with Crippen LogP contribution in [0.25, 0.3) is 0 Å². The molecule has 0 radical (unpaired) electrons. The number of aliphatic hydroxyl groups is 1. The molecule has 0 unspecified atom stereocenters. The van der Waals surface area contributed by atoms with E-state index < -0.39 is 11.8 Å². The van der Waals surface area contributed by atoms with Crippen molar-refractivity contribution in [1.29, 1.82) is 0 Å². The fourth-order valence-corrected chi connectivity index (χ4v) is 2.22. The first kappa shape index (κ1) is 12.9. The van der Waals surface area contributed by atoms with Gasteiger partial charge in [-0.25, -0.2) is 10.0 Å². The molecule has 0 aromatic heterocycles. The average molecular weight is 280 g/mol. The average Bonchev–Trinajstić information content (AvgIpc) is 2.79. The number of hydrogen-bond acceptors (Lipinski definition) is 3. The fraction of sp³-hybridized carbons (Fsp3) is 0. The first-order valence-corrected chi connectivity index (χ1v) is 6.37. The van der Waals surface area contributed by atoms with Crippen LogP contribution in [0.2, 0.25) is 0 Å². The van der Waals surface area contributed by atoms with Crippen molar-refractivity contribution >= 4 is 23.2 Å². The summed E-state index contributed by atoms with van der Waals surface area (Å²) in [5, 5.41) is 11.7. The van der Waals surface area contributed by atoms with E-state index in [9.17, 15) is 14.7 Å². The van der Waals surface area contributed by atoms with Crippen molar-refractivity contribution in [2.75, 3.05) is 10.0 Å². The predicted molar refractivity (Wildman–Crippen MR) is 78.6 cm³/mol. The number of hydrazine groups is 1. The monoisotopic (exact) mass is 280 g/mol. The van der Waals surface area contributed by atoms with Gasteiger partial charge in [-0.2, -0.15) is 0 Å². The molecule has 1 fully saturated rings. The molecule has 1 aliphatic rings.